The lowest BCUT2D eigenvalue weighted by Gasteiger charge is -2.22. The molecular formula is C22H18F3N7S. The summed E-state index contributed by atoms with van der Waals surface area (Å²) < 4.78 is 43.0. The third-order valence-electron chi connectivity index (χ3n) is 5.55. The van der Waals surface area contributed by atoms with Crippen molar-refractivity contribution in [2.75, 3.05) is 13.1 Å². The summed E-state index contributed by atoms with van der Waals surface area (Å²) in [5, 5.41) is 21.8. The maximum Gasteiger partial charge on any atom is 0.416 e. The number of rotatable bonds is 4. The van der Waals surface area contributed by atoms with Crippen LogP contribution in [0.25, 0.3) is 16.6 Å². The van der Waals surface area contributed by atoms with Crippen molar-refractivity contribution in [2.45, 2.75) is 35.0 Å². The molecule has 5 rings (SSSR count). The van der Waals surface area contributed by atoms with Gasteiger partial charge in [0.1, 0.15) is 11.1 Å². The van der Waals surface area contributed by atoms with E-state index >= 15 is 0 Å². The Kier molecular flexibility index (Phi) is 5.55. The number of nitrogens with one attached hydrogen (secondary N) is 1. The zero-order valence-corrected chi connectivity index (χ0v) is 18.1. The average molecular weight is 469 g/mol. The van der Waals surface area contributed by atoms with Gasteiger partial charge in [0.2, 0.25) is 0 Å². The molecule has 5 heterocycles. The first-order chi connectivity index (χ1) is 15.9. The molecule has 1 fully saturated rings. The van der Waals surface area contributed by atoms with Crippen LogP contribution in [0.3, 0.4) is 0 Å². The van der Waals surface area contributed by atoms with Gasteiger partial charge in [-0.2, -0.15) is 28.6 Å². The fourth-order valence-corrected chi connectivity index (χ4v) is 4.91. The minimum atomic E-state index is -4.47. The van der Waals surface area contributed by atoms with Gasteiger partial charge in [-0.3, -0.25) is 4.68 Å². The highest BCUT2D eigenvalue weighted by Gasteiger charge is 2.31. The fourth-order valence-electron chi connectivity index (χ4n) is 3.90. The third-order valence-corrected chi connectivity index (χ3v) is 6.52. The summed E-state index contributed by atoms with van der Waals surface area (Å²) >= 11 is 1.06. The van der Waals surface area contributed by atoms with Crippen LogP contribution in [0.4, 0.5) is 13.2 Å². The molecule has 0 bridgehead atoms. The molecule has 168 valence electrons. The van der Waals surface area contributed by atoms with Crippen molar-refractivity contribution in [3.63, 3.8) is 0 Å². The van der Waals surface area contributed by atoms with E-state index in [-0.39, 0.29) is 11.1 Å². The lowest BCUT2D eigenvalue weighted by molar-refractivity contribution is -0.137. The standard InChI is InChI=1S/C22H18F3N7S/c23-22(24,25)17-3-5-28-20(7-17)33-19-6-14(12-32-21(19)15(8-26)9-30-32)16-10-29-31(13-16)18-2-1-4-27-11-18/h3,5-7,9-10,12-13,18,27H,1-2,4,11H2/t18-/m1/s1. The highest BCUT2D eigenvalue weighted by atomic mass is 32.2. The molecule has 1 aliphatic heterocycles. The summed E-state index contributed by atoms with van der Waals surface area (Å²) in [6, 6.07) is 6.15. The van der Waals surface area contributed by atoms with Crippen LogP contribution in [-0.4, -0.2) is 37.5 Å². The number of hydrogen-bond donors (Lipinski definition) is 1. The van der Waals surface area contributed by atoms with Crippen LogP contribution in [-0.2, 0) is 6.18 Å². The Labute approximate surface area is 191 Å². The van der Waals surface area contributed by atoms with Crippen molar-refractivity contribution >= 4 is 17.3 Å². The molecule has 0 amide bonds. The van der Waals surface area contributed by atoms with E-state index in [1.165, 1.54) is 6.20 Å². The summed E-state index contributed by atoms with van der Waals surface area (Å²) in [6.07, 6.45) is 5.76. The Morgan fingerprint density at radius 3 is 2.79 bits per heavy atom. The van der Waals surface area contributed by atoms with E-state index in [1.54, 1.807) is 16.9 Å². The van der Waals surface area contributed by atoms with E-state index in [1.807, 2.05) is 16.9 Å². The second-order valence-corrected chi connectivity index (χ2v) is 8.81. The smallest absolute Gasteiger partial charge is 0.315 e. The average Bonchev–Trinajstić information content (AvgIpc) is 3.47. The van der Waals surface area contributed by atoms with Gasteiger partial charge in [-0.1, -0.05) is 11.8 Å². The zero-order valence-electron chi connectivity index (χ0n) is 17.3. The SMILES string of the molecule is N#Cc1cnn2cc(-c3cnn([C@@H]4CCCNC4)c3)cc(Sc3cc(C(F)(F)F)ccn3)c12. The van der Waals surface area contributed by atoms with E-state index in [4.69, 9.17) is 0 Å². The molecule has 1 N–H and O–H groups in total. The van der Waals surface area contributed by atoms with Crippen molar-refractivity contribution in [3.8, 4) is 17.2 Å². The molecule has 4 aromatic rings. The Morgan fingerprint density at radius 2 is 2.03 bits per heavy atom. The molecular weight excluding hydrogens is 451 g/mol. The number of nitriles is 1. The second kappa shape index (κ2) is 8.53. The third kappa shape index (κ3) is 4.31. The number of pyridine rings is 2. The van der Waals surface area contributed by atoms with E-state index in [0.29, 0.717) is 16.0 Å². The van der Waals surface area contributed by atoms with Crippen molar-refractivity contribution in [3.05, 3.63) is 60.3 Å². The van der Waals surface area contributed by atoms with Gasteiger partial charge < -0.3 is 5.32 Å². The predicted molar refractivity (Wildman–Crippen MR) is 116 cm³/mol. The maximum atomic E-state index is 13.2. The van der Waals surface area contributed by atoms with Gasteiger partial charge in [0, 0.05) is 41.2 Å². The molecule has 1 aliphatic rings. The minimum Gasteiger partial charge on any atom is -0.315 e. The lowest BCUT2D eigenvalue weighted by Crippen LogP contribution is -2.31. The Morgan fingerprint density at radius 1 is 1.15 bits per heavy atom. The van der Waals surface area contributed by atoms with Crippen molar-refractivity contribution in [1.29, 1.82) is 5.26 Å². The number of fused-ring (bicyclic) bond motifs is 1. The van der Waals surface area contributed by atoms with Gasteiger partial charge in [-0.05, 0) is 37.6 Å². The van der Waals surface area contributed by atoms with Crippen molar-refractivity contribution < 1.29 is 13.2 Å². The first-order valence-electron chi connectivity index (χ1n) is 10.3. The second-order valence-electron chi connectivity index (χ2n) is 7.75. The maximum absolute atomic E-state index is 13.2. The van der Waals surface area contributed by atoms with Crippen LogP contribution in [0.2, 0.25) is 0 Å². The number of piperidine rings is 1. The zero-order chi connectivity index (χ0) is 23.0. The number of hydrogen-bond acceptors (Lipinski definition) is 6. The van der Waals surface area contributed by atoms with Crippen molar-refractivity contribution in [2.24, 2.45) is 0 Å². The molecule has 0 saturated carbocycles. The van der Waals surface area contributed by atoms with Crippen LogP contribution in [0, 0.1) is 11.3 Å². The molecule has 0 aromatic carbocycles. The van der Waals surface area contributed by atoms with Gasteiger partial charge >= 0.3 is 6.18 Å². The van der Waals surface area contributed by atoms with Crippen LogP contribution < -0.4 is 5.32 Å². The Bertz CT molecular complexity index is 1350. The molecule has 1 atom stereocenters. The molecule has 1 saturated heterocycles. The van der Waals surface area contributed by atoms with Gasteiger partial charge in [0.05, 0.1) is 35.1 Å². The Hall–Kier alpha value is -3.36. The molecule has 7 nitrogen and oxygen atoms in total. The lowest BCUT2D eigenvalue weighted by atomic mass is 10.1. The molecule has 0 unspecified atom stereocenters. The first kappa shape index (κ1) is 21.5. The Balaban J connectivity index is 1.55. The van der Waals surface area contributed by atoms with Crippen molar-refractivity contribution in [1.82, 2.24) is 29.7 Å². The molecule has 11 heteroatoms. The first-order valence-corrected chi connectivity index (χ1v) is 11.1. The van der Waals surface area contributed by atoms with E-state index in [0.717, 1.165) is 67.1 Å². The predicted octanol–water partition coefficient (Wildman–Crippen LogP) is 4.56. The number of alkyl halides is 3. The van der Waals surface area contributed by atoms with E-state index < -0.39 is 11.7 Å². The van der Waals surface area contributed by atoms with Gasteiger partial charge in [-0.25, -0.2) is 9.50 Å². The van der Waals surface area contributed by atoms with Crippen LogP contribution >= 0.6 is 11.8 Å². The van der Waals surface area contributed by atoms with Gasteiger partial charge in [0.15, 0.2) is 0 Å². The van der Waals surface area contributed by atoms with Crippen LogP contribution in [0.5, 0.6) is 0 Å². The fraction of sp³-hybridized carbons (Fsp3) is 0.273. The summed E-state index contributed by atoms with van der Waals surface area (Å²) in [5.41, 5.74) is 1.73. The van der Waals surface area contributed by atoms with Gasteiger partial charge in [-0.15, -0.1) is 0 Å². The largest absolute Gasteiger partial charge is 0.416 e. The number of halogens is 3. The molecule has 4 aromatic heterocycles. The van der Waals surface area contributed by atoms with Crippen LogP contribution in [0.1, 0.15) is 30.0 Å². The molecule has 0 radical (unpaired) electrons. The summed E-state index contributed by atoms with van der Waals surface area (Å²) in [6.45, 7) is 1.86. The van der Waals surface area contributed by atoms with Crippen LogP contribution in [0.15, 0.2) is 59.1 Å². The molecule has 0 aliphatic carbocycles. The topological polar surface area (TPSA) is 83.8 Å². The summed E-state index contributed by atoms with van der Waals surface area (Å²) in [7, 11) is 0. The van der Waals surface area contributed by atoms with Gasteiger partial charge in [0.25, 0.3) is 0 Å². The minimum absolute atomic E-state index is 0.179. The highest BCUT2D eigenvalue weighted by molar-refractivity contribution is 7.99. The summed E-state index contributed by atoms with van der Waals surface area (Å²) in [5.74, 6) is 0. The number of aromatic nitrogens is 5. The quantitative estimate of drug-likeness (QED) is 0.472. The molecule has 33 heavy (non-hydrogen) atoms. The molecule has 0 spiro atoms. The number of nitrogens with zero attached hydrogens (tertiary/aromatic N) is 6. The normalized spacial score (nSPS) is 16.7. The summed E-state index contributed by atoms with van der Waals surface area (Å²) in [4.78, 5) is 4.67. The monoisotopic (exact) mass is 469 g/mol. The van der Waals surface area contributed by atoms with E-state index in [9.17, 15) is 18.4 Å². The highest BCUT2D eigenvalue weighted by Crippen LogP contribution is 2.37. The van der Waals surface area contributed by atoms with E-state index in [2.05, 4.69) is 26.6 Å².